The van der Waals surface area contributed by atoms with Gasteiger partial charge in [0.05, 0.1) is 22.7 Å². The number of rotatable bonds is 5. The second-order valence-corrected chi connectivity index (χ2v) is 10.3. The molecular formula is C22H24ClN3O6S. The summed E-state index contributed by atoms with van der Waals surface area (Å²) in [4.78, 5) is 24.6. The second kappa shape index (κ2) is 9.20. The summed E-state index contributed by atoms with van der Waals surface area (Å²) in [6.07, 6.45) is 0.133. The predicted octanol–water partition coefficient (Wildman–Crippen LogP) is 3.11. The molecule has 2 N–H and O–H groups in total. The number of piperidine rings is 1. The number of methoxy groups -OCH3 is 1. The summed E-state index contributed by atoms with van der Waals surface area (Å²) >= 11 is 6.11. The molecule has 0 radical (unpaired) electrons. The minimum atomic E-state index is -3.78. The lowest BCUT2D eigenvalue weighted by atomic mass is 9.97. The molecule has 0 unspecified atom stereocenters. The van der Waals surface area contributed by atoms with Crippen LogP contribution in [-0.4, -0.2) is 50.8 Å². The van der Waals surface area contributed by atoms with Gasteiger partial charge in [-0.3, -0.25) is 9.59 Å². The summed E-state index contributed by atoms with van der Waals surface area (Å²) in [6, 6.07) is 9.38. The van der Waals surface area contributed by atoms with E-state index in [4.69, 9.17) is 21.1 Å². The van der Waals surface area contributed by atoms with E-state index in [1.54, 1.807) is 31.2 Å². The maximum absolute atomic E-state index is 13.1. The van der Waals surface area contributed by atoms with Crippen molar-refractivity contribution in [3.8, 4) is 11.5 Å². The number of hydrogen-bond acceptors (Lipinski definition) is 6. The van der Waals surface area contributed by atoms with Crippen molar-refractivity contribution in [3.05, 3.63) is 41.4 Å². The molecular weight excluding hydrogens is 470 g/mol. The predicted molar refractivity (Wildman–Crippen MR) is 123 cm³/mol. The first-order valence-electron chi connectivity index (χ1n) is 10.4. The lowest BCUT2D eigenvalue weighted by molar-refractivity contribution is -0.123. The highest BCUT2D eigenvalue weighted by atomic mass is 35.5. The highest BCUT2D eigenvalue weighted by molar-refractivity contribution is 7.89. The molecule has 2 heterocycles. The first kappa shape index (κ1) is 23.3. The Labute approximate surface area is 197 Å². The minimum absolute atomic E-state index is 0.0653. The van der Waals surface area contributed by atoms with Crippen molar-refractivity contribution in [1.82, 2.24) is 4.31 Å². The fourth-order valence-electron chi connectivity index (χ4n) is 3.84. The number of carbonyl (C=O) groups excluding carboxylic acids is 2. The van der Waals surface area contributed by atoms with Crippen LogP contribution >= 0.6 is 11.6 Å². The first-order chi connectivity index (χ1) is 15.7. The van der Waals surface area contributed by atoms with Gasteiger partial charge in [-0.15, -0.1) is 0 Å². The van der Waals surface area contributed by atoms with Crippen LogP contribution in [0.3, 0.4) is 0 Å². The maximum atomic E-state index is 13.1. The lowest BCUT2D eigenvalue weighted by Crippen LogP contribution is -2.41. The Morgan fingerprint density at radius 2 is 1.94 bits per heavy atom. The largest absolute Gasteiger partial charge is 0.495 e. The third-order valence-corrected chi connectivity index (χ3v) is 7.95. The summed E-state index contributed by atoms with van der Waals surface area (Å²) in [5, 5.41) is 5.88. The van der Waals surface area contributed by atoms with Crippen molar-refractivity contribution in [1.29, 1.82) is 0 Å². The van der Waals surface area contributed by atoms with Crippen LogP contribution < -0.4 is 20.1 Å². The molecule has 0 aromatic heterocycles. The molecule has 1 atom stereocenters. The molecule has 0 spiro atoms. The number of amides is 2. The quantitative estimate of drug-likeness (QED) is 0.661. The van der Waals surface area contributed by atoms with Gasteiger partial charge in [0.25, 0.3) is 5.91 Å². The van der Waals surface area contributed by atoms with Crippen molar-refractivity contribution in [3.63, 3.8) is 0 Å². The molecule has 2 aliphatic rings. The van der Waals surface area contributed by atoms with Crippen molar-refractivity contribution >= 4 is 44.8 Å². The van der Waals surface area contributed by atoms with Gasteiger partial charge >= 0.3 is 0 Å². The summed E-state index contributed by atoms with van der Waals surface area (Å²) in [5.41, 5.74) is 0.875. The lowest BCUT2D eigenvalue weighted by Gasteiger charge is -2.31. The highest BCUT2D eigenvalue weighted by Crippen LogP contribution is 2.34. The van der Waals surface area contributed by atoms with Crippen molar-refractivity contribution < 1.29 is 27.5 Å². The van der Waals surface area contributed by atoms with Crippen LogP contribution in [0, 0.1) is 5.92 Å². The fourth-order valence-corrected chi connectivity index (χ4v) is 5.60. The molecule has 176 valence electrons. The molecule has 2 aromatic carbocycles. The zero-order valence-electron chi connectivity index (χ0n) is 18.1. The number of fused-ring (bicyclic) bond motifs is 1. The molecule has 2 aliphatic heterocycles. The number of benzene rings is 2. The maximum Gasteiger partial charge on any atom is 0.265 e. The van der Waals surface area contributed by atoms with Crippen LogP contribution in [-0.2, 0) is 19.6 Å². The van der Waals surface area contributed by atoms with Crippen LogP contribution in [0.4, 0.5) is 11.4 Å². The second-order valence-electron chi connectivity index (χ2n) is 7.92. The molecule has 9 nitrogen and oxygen atoms in total. The van der Waals surface area contributed by atoms with Gasteiger partial charge in [-0.05, 0) is 56.2 Å². The first-order valence-corrected chi connectivity index (χ1v) is 12.3. The van der Waals surface area contributed by atoms with Gasteiger partial charge in [0.2, 0.25) is 15.9 Å². The minimum Gasteiger partial charge on any atom is -0.495 e. The molecule has 0 bridgehead atoms. The van der Waals surface area contributed by atoms with Crippen LogP contribution in [0.25, 0.3) is 0 Å². The van der Waals surface area contributed by atoms with Gasteiger partial charge in [-0.25, -0.2) is 8.42 Å². The Kier molecular flexibility index (Phi) is 6.51. The Balaban J connectivity index is 1.40. The fraction of sp³-hybridized carbons (Fsp3) is 0.364. The van der Waals surface area contributed by atoms with E-state index >= 15 is 0 Å². The summed E-state index contributed by atoms with van der Waals surface area (Å²) in [6.45, 7) is 2.04. The Morgan fingerprint density at radius 1 is 1.21 bits per heavy atom. The molecule has 2 aromatic rings. The van der Waals surface area contributed by atoms with Gasteiger partial charge in [0.1, 0.15) is 11.5 Å². The molecule has 0 saturated carbocycles. The molecule has 1 fully saturated rings. The van der Waals surface area contributed by atoms with Crippen molar-refractivity contribution in [2.75, 3.05) is 30.8 Å². The summed E-state index contributed by atoms with van der Waals surface area (Å²) in [5.74, 6) is 0.0964. The standard InChI is InChI=1S/C22H24ClN3O6S/c1-13-21(27)25-18-12-16(4-6-20(18)32-13)33(29,30)26-9-7-14(8-10-26)22(28)24-15-3-5-19(31-2)17(23)11-15/h3-6,11-14H,7-10H2,1-2H3,(H,24,28)(H,25,27)/t13-/m1/s1. The summed E-state index contributed by atoms with van der Waals surface area (Å²) < 4.78 is 38.2. The topological polar surface area (TPSA) is 114 Å². The van der Waals surface area contributed by atoms with E-state index in [0.717, 1.165) is 0 Å². The van der Waals surface area contributed by atoms with Gasteiger partial charge in [0, 0.05) is 24.7 Å². The van der Waals surface area contributed by atoms with Crippen molar-refractivity contribution in [2.24, 2.45) is 5.92 Å². The van der Waals surface area contributed by atoms with Gasteiger partial charge in [-0.1, -0.05) is 11.6 Å². The van der Waals surface area contributed by atoms with E-state index in [1.807, 2.05) is 0 Å². The smallest absolute Gasteiger partial charge is 0.265 e. The SMILES string of the molecule is COc1ccc(NC(=O)C2CCN(S(=O)(=O)c3ccc4c(c3)NC(=O)[C@@H](C)O4)CC2)cc1Cl. The zero-order valence-corrected chi connectivity index (χ0v) is 19.7. The monoisotopic (exact) mass is 493 g/mol. The average molecular weight is 494 g/mol. The van der Waals surface area contributed by atoms with E-state index in [2.05, 4.69) is 10.6 Å². The number of anilines is 2. The number of hydrogen-bond donors (Lipinski definition) is 2. The van der Waals surface area contributed by atoms with E-state index < -0.39 is 16.1 Å². The van der Waals surface area contributed by atoms with Crippen LogP contribution in [0.2, 0.25) is 5.02 Å². The van der Waals surface area contributed by atoms with Gasteiger partial charge in [0.15, 0.2) is 6.10 Å². The van der Waals surface area contributed by atoms with E-state index in [-0.39, 0.29) is 35.7 Å². The van der Waals surface area contributed by atoms with E-state index in [0.29, 0.717) is 40.7 Å². The van der Waals surface area contributed by atoms with Crippen molar-refractivity contribution in [2.45, 2.75) is 30.8 Å². The Morgan fingerprint density at radius 3 is 2.61 bits per heavy atom. The van der Waals surface area contributed by atoms with Crippen LogP contribution in [0.5, 0.6) is 11.5 Å². The molecule has 33 heavy (non-hydrogen) atoms. The average Bonchev–Trinajstić information content (AvgIpc) is 2.79. The van der Waals surface area contributed by atoms with Gasteiger partial charge in [-0.2, -0.15) is 4.31 Å². The molecule has 11 heteroatoms. The number of nitrogens with zero attached hydrogens (tertiary/aromatic N) is 1. The molecule has 2 amide bonds. The number of halogens is 1. The highest BCUT2D eigenvalue weighted by Gasteiger charge is 2.33. The van der Waals surface area contributed by atoms with Crippen LogP contribution in [0.1, 0.15) is 19.8 Å². The van der Waals surface area contributed by atoms with Gasteiger partial charge < -0.3 is 20.1 Å². The zero-order chi connectivity index (χ0) is 23.8. The number of nitrogens with one attached hydrogen (secondary N) is 2. The number of sulfonamides is 1. The molecule has 1 saturated heterocycles. The number of ether oxygens (including phenoxy) is 2. The third-order valence-electron chi connectivity index (χ3n) is 5.76. The molecule has 4 rings (SSSR count). The van der Waals surface area contributed by atoms with E-state index in [1.165, 1.54) is 23.5 Å². The van der Waals surface area contributed by atoms with E-state index in [9.17, 15) is 18.0 Å². The van der Waals surface area contributed by atoms with Crippen LogP contribution in [0.15, 0.2) is 41.3 Å². The Bertz CT molecular complexity index is 1190. The number of carbonyl (C=O) groups is 2. The normalized spacial score (nSPS) is 19.2. The Hall–Kier alpha value is -2.82. The third kappa shape index (κ3) is 4.78. The summed E-state index contributed by atoms with van der Waals surface area (Å²) in [7, 11) is -2.27. The molecule has 0 aliphatic carbocycles.